The van der Waals surface area contributed by atoms with Crippen molar-refractivity contribution in [3.63, 3.8) is 0 Å². The van der Waals surface area contributed by atoms with Crippen LogP contribution < -0.4 is 15.0 Å². The Morgan fingerprint density at radius 2 is 1.97 bits per heavy atom. The van der Waals surface area contributed by atoms with E-state index in [1.165, 1.54) is 17.4 Å². The summed E-state index contributed by atoms with van der Waals surface area (Å²) in [6.45, 7) is 2.04. The number of fused-ring (bicyclic) bond motifs is 1. The van der Waals surface area contributed by atoms with Gasteiger partial charge in [0.2, 0.25) is 0 Å². The number of urea groups is 1. The van der Waals surface area contributed by atoms with Gasteiger partial charge in [-0.05, 0) is 53.1 Å². The minimum atomic E-state index is -4.55. The predicted molar refractivity (Wildman–Crippen MR) is 138 cm³/mol. The highest BCUT2D eigenvalue weighted by atomic mass is 32.1. The Hall–Kier alpha value is -3.86. The summed E-state index contributed by atoms with van der Waals surface area (Å²) < 4.78 is 45.7. The molecule has 1 aliphatic heterocycles. The Balaban J connectivity index is 1.40. The molecule has 7 nitrogen and oxygen atoms in total. The molecule has 1 saturated heterocycles. The van der Waals surface area contributed by atoms with Gasteiger partial charge in [0.15, 0.2) is 0 Å². The molecule has 0 atom stereocenters. The molecule has 0 aliphatic carbocycles. The summed E-state index contributed by atoms with van der Waals surface area (Å²) in [5, 5.41) is 7.17. The number of ether oxygens (including phenoxy) is 1. The third-order valence-corrected chi connectivity index (χ3v) is 6.92. The van der Waals surface area contributed by atoms with E-state index in [1.54, 1.807) is 42.5 Å². The van der Waals surface area contributed by atoms with Crippen molar-refractivity contribution in [1.29, 1.82) is 0 Å². The molecule has 0 spiro atoms. The molecule has 4 aromatic rings. The molecule has 1 aliphatic rings. The molecule has 0 radical (unpaired) electrons. The van der Waals surface area contributed by atoms with E-state index in [0.29, 0.717) is 60.8 Å². The maximum atomic E-state index is 13.5. The van der Waals surface area contributed by atoms with Crippen molar-refractivity contribution in [2.24, 2.45) is 0 Å². The summed E-state index contributed by atoms with van der Waals surface area (Å²) in [5.74, 6) is 1.20. The van der Waals surface area contributed by atoms with Gasteiger partial charge in [-0.2, -0.15) is 24.5 Å². The van der Waals surface area contributed by atoms with Crippen LogP contribution in [-0.2, 0) is 6.18 Å². The summed E-state index contributed by atoms with van der Waals surface area (Å²) in [6, 6.07) is 11.2. The minimum absolute atomic E-state index is 0.225. The van der Waals surface area contributed by atoms with E-state index in [2.05, 4.69) is 15.3 Å². The van der Waals surface area contributed by atoms with Crippen LogP contribution in [0.2, 0.25) is 0 Å². The highest BCUT2D eigenvalue weighted by Crippen LogP contribution is 2.36. The van der Waals surface area contributed by atoms with Crippen molar-refractivity contribution in [3.8, 4) is 16.9 Å². The number of thiophene rings is 1. The molecular formula is C26H24F3N5O2S. The summed E-state index contributed by atoms with van der Waals surface area (Å²) in [6.07, 6.45) is -2.29. The van der Waals surface area contributed by atoms with Gasteiger partial charge in [0.1, 0.15) is 17.3 Å². The number of carbonyl (C=O) groups is 1. The average Bonchev–Trinajstić information content (AvgIpc) is 3.31. The molecule has 11 heteroatoms. The highest BCUT2D eigenvalue weighted by molar-refractivity contribution is 7.08. The monoisotopic (exact) mass is 527 g/mol. The second kappa shape index (κ2) is 10.3. The van der Waals surface area contributed by atoms with Crippen molar-refractivity contribution in [2.75, 3.05) is 43.5 Å². The fraction of sp³-hybridized carbons (Fsp3) is 0.269. The van der Waals surface area contributed by atoms with Gasteiger partial charge in [0.05, 0.1) is 12.6 Å². The summed E-state index contributed by atoms with van der Waals surface area (Å²) in [7, 11) is 1.56. The fourth-order valence-electron chi connectivity index (χ4n) is 4.38. The van der Waals surface area contributed by atoms with Gasteiger partial charge in [-0.3, -0.25) is 0 Å². The van der Waals surface area contributed by atoms with E-state index in [4.69, 9.17) is 4.74 Å². The van der Waals surface area contributed by atoms with Gasteiger partial charge in [0.25, 0.3) is 0 Å². The standard InChI is InChI=1S/C26H24F3N5O2S/c1-36-19-5-2-4-18(14-19)31-25(35)34-10-3-9-33(11-12-34)24-20-6-7-22(26(27,28)29)32-23(20)21(15-30-24)17-8-13-37-16-17/h2,4-8,13-16H,3,9-12H2,1H3,(H,31,35). The van der Waals surface area contributed by atoms with Crippen LogP contribution in [0.4, 0.5) is 29.5 Å². The molecule has 3 aromatic heterocycles. The number of anilines is 2. The molecule has 0 saturated carbocycles. The lowest BCUT2D eigenvalue weighted by Gasteiger charge is -2.24. The number of aromatic nitrogens is 2. The van der Waals surface area contributed by atoms with Crippen molar-refractivity contribution in [3.05, 3.63) is 65.1 Å². The molecule has 192 valence electrons. The number of methoxy groups -OCH3 is 1. The number of hydrogen-bond donors (Lipinski definition) is 1. The molecule has 0 unspecified atom stereocenters. The molecule has 0 bridgehead atoms. The number of nitrogens with one attached hydrogen (secondary N) is 1. The normalized spacial score (nSPS) is 14.5. The third-order valence-electron chi connectivity index (χ3n) is 6.23. The number of rotatable bonds is 4. The summed E-state index contributed by atoms with van der Waals surface area (Å²) in [4.78, 5) is 25.3. The fourth-order valence-corrected chi connectivity index (χ4v) is 5.03. The Kier molecular flexibility index (Phi) is 6.88. The molecule has 37 heavy (non-hydrogen) atoms. The number of halogens is 3. The van der Waals surface area contributed by atoms with Crippen LogP contribution in [0.3, 0.4) is 0 Å². The molecule has 5 rings (SSSR count). The first kappa shape index (κ1) is 24.8. The number of amides is 2. The van der Waals surface area contributed by atoms with Gasteiger partial charge in [0, 0.05) is 55.1 Å². The Morgan fingerprint density at radius 1 is 1.11 bits per heavy atom. The largest absolute Gasteiger partial charge is 0.497 e. The lowest BCUT2D eigenvalue weighted by atomic mass is 10.1. The van der Waals surface area contributed by atoms with E-state index < -0.39 is 11.9 Å². The Bertz CT molecular complexity index is 1410. The highest BCUT2D eigenvalue weighted by Gasteiger charge is 2.33. The maximum absolute atomic E-state index is 13.5. The van der Waals surface area contributed by atoms with Crippen LogP contribution in [0.15, 0.2) is 59.4 Å². The number of benzene rings is 1. The molecular weight excluding hydrogens is 503 g/mol. The zero-order valence-corrected chi connectivity index (χ0v) is 20.8. The second-order valence-corrected chi connectivity index (χ2v) is 9.37. The van der Waals surface area contributed by atoms with Gasteiger partial charge in [-0.1, -0.05) is 6.07 Å². The van der Waals surface area contributed by atoms with Crippen LogP contribution >= 0.6 is 11.3 Å². The smallest absolute Gasteiger partial charge is 0.433 e. The minimum Gasteiger partial charge on any atom is -0.497 e. The van der Waals surface area contributed by atoms with E-state index in [9.17, 15) is 18.0 Å². The van der Waals surface area contributed by atoms with Crippen LogP contribution in [0, 0.1) is 0 Å². The first-order chi connectivity index (χ1) is 17.8. The lowest BCUT2D eigenvalue weighted by Crippen LogP contribution is -2.38. The van der Waals surface area contributed by atoms with Crippen LogP contribution in [0.5, 0.6) is 5.75 Å². The van der Waals surface area contributed by atoms with E-state index >= 15 is 0 Å². The van der Waals surface area contributed by atoms with Crippen molar-refractivity contribution < 1.29 is 22.7 Å². The average molecular weight is 528 g/mol. The van der Waals surface area contributed by atoms with Gasteiger partial charge in [-0.15, -0.1) is 0 Å². The zero-order valence-electron chi connectivity index (χ0n) is 20.0. The van der Waals surface area contributed by atoms with Crippen molar-refractivity contribution in [1.82, 2.24) is 14.9 Å². The molecule has 1 aromatic carbocycles. The van der Waals surface area contributed by atoms with Crippen LogP contribution in [0.25, 0.3) is 22.0 Å². The first-order valence-electron chi connectivity index (χ1n) is 11.7. The number of alkyl halides is 3. The number of nitrogens with zero attached hydrogens (tertiary/aromatic N) is 4. The van der Waals surface area contributed by atoms with Gasteiger partial charge in [-0.25, -0.2) is 14.8 Å². The number of hydrogen-bond acceptors (Lipinski definition) is 6. The summed E-state index contributed by atoms with van der Waals surface area (Å²) >= 11 is 1.45. The third kappa shape index (κ3) is 5.31. The van der Waals surface area contributed by atoms with Gasteiger partial charge < -0.3 is 19.9 Å². The van der Waals surface area contributed by atoms with Crippen LogP contribution in [-0.4, -0.2) is 54.2 Å². The molecule has 1 N–H and O–H groups in total. The molecule has 4 heterocycles. The van der Waals surface area contributed by atoms with E-state index in [1.807, 2.05) is 21.7 Å². The quantitative estimate of drug-likeness (QED) is 0.346. The Morgan fingerprint density at radius 3 is 2.73 bits per heavy atom. The lowest BCUT2D eigenvalue weighted by molar-refractivity contribution is -0.140. The van der Waals surface area contributed by atoms with E-state index in [0.717, 1.165) is 11.6 Å². The first-order valence-corrected chi connectivity index (χ1v) is 12.6. The Labute approximate surface area is 215 Å². The summed E-state index contributed by atoms with van der Waals surface area (Å²) in [5.41, 5.74) is 1.28. The van der Waals surface area contributed by atoms with Gasteiger partial charge >= 0.3 is 12.2 Å². The molecule has 1 fully saturated rings. The maximum Gasteiger partial charge on any atom is 0.433 e. The molecule has 2 amide bonds. The predicted octanol–water partition coefficient (Wildman–Crippen LogP) is 6.13. The number of pyridine rings is 2. The topological polar surface area (TPSA) is 70.6 Å². The zero-order chi connectivity index (χ0) is 26.0. The SMILES string of the molecule is COc1cccc(NC(=O)N2CCCN(c3ncc(-c4ccsc4)c4nc(C(F)(F)F)ccc34)CC2)c1. The second-order valence-electron chi connectivity index (χ2n) is 8.59. The van der Waals surface area contributed by atoms with Crippen molar-refractivity contribution in [2.45, 2.75) is 12.6 Å². The van der Waals surface area contributed by atoms with Crippen molar-refractivity contribution >= 4 is 39.8 Å². The van der Waals surface area contributed by atoms with Crippen LogP contribution in [0.1, 0.15) is 12.1 Å². The number of carbonyl (C=O) groups excluding carboxylic acids is 1. The van der Waals surface area contributed by atoms with E-state index in [-0.39, 0.29) is 11.5 Å².